The van der Waals surface area contributed by atoms with Crippen molar-refractivity contribution in [2.45, 2.75) is 31.6 Å². The van der Waals surface area contributed by atoms with Crippen molar-refractivity contribution in [1.82, 2.24) is 19.8 Å². The molecule has 1 N–H and O–H groups in total. The average Bonchev–Trinajstić information content (AvgIpc) is 2.95. The van der Waals surface area contributed by atoms with Gasteiger partial charge >= 0.3 is 0 Å². The lowest BCUT2D eigenvalue weighted by atomic mass is 9.64. The number of anilines is 1. The molecule has 124 valence electrons. The van der Waals surface area contributed by atoms with Crippen molar-refractivity contribution in [3.63, 3.8) is 0 Å². The maximum Gasteiger partial charge on any atom is 0.178 e. The Morgan fingerprint density at radius 2 is 2.00 bits per heavy atom. The summed E-state index contributed by atoms with van der Waals surface area (Å²) in [5, 5.41) is 16.2. The molecule has 1 aliphatic carbocycles. The van der Waals surface area contributed by atoms with Crippen LogP contribution in [0.2, 0.25) is 0 Å². The lowest BCUT2D eigenvalue weighted by Crippen LogP contribution is -2.41. The zero-order valence-electron chi connectivity index (χ0n) is 14.0. The van der Waals surface area contributed by atoms with Gasteiger partial charge in [0.2, 0.25) is 0 Å². The summed E-state index contributed by atoms with van der Waals surface area (Å²) in [7, 11) is 1.74. The molecule has 1 aliphatic rings. The number of para-hydroxylation sites is 1. The smallest absolute Gasteiger partial charge is 0.178 e. The minimum atomic E-state index is 0.117. The predicted octanol–water partition coefficient (Wildman–Crippen LogP) is 2.98. The fourth-order valence-electron chi connectivity index (χ4n) is 3.48. The fraction of sp³-hybridized carbons (Fsp3) is 0.389. The number of hydrogen-bond donors (Lipinski definition) is 1. The van der Waals surface area contributed by atoms with E-state index in [-0.39, 0.29) is 5.41 Å². The highest BCUT2D eigenvalue weighted by Gasteiger charge is 2.40. The van der Waals surface area contributed by atoms with E-state index in [0.717, 1.165) is 42.4 Å². The van der Waals surface area contributed by atoms with Crippen LogP contribution in [0.3, 0.4) is 0 Å². The van der Waals surface area contributed by atoms with Crippen molar-refractivity contribution in [1.29, 1.82) is 0 Å². The first kappa shape index (κ1) is 14.9. The number of benzene rings is 1. The van der Waals surface area contributed by atoms with Gasteiger partial charge < -0.3 is 10.1 Å². The average molecular weight is 323 g/mol. The normalized spacial score (nSPS) is 15.9. The summed E-state index contributed by atoms with van der Waals surface area (Å²) in [5.41, 5.74) is 2.17. The van der Waals surface area contributed by atoms with Gasteiger partial charge in [0, 0.05) is 17.5 Å². The highest BCUT2D eigenvalue weighted by Crippen LogP contribution is 2.47. The maximum atomic E-state index is 5.58. The molecule has 0 unspecified atom stereocenters. The molecule has 2 aromatic heterocycles. The number of aryl methyl sites for hydroxylation is 1. The molecule has 1 saturated carbocycles. The van der Waals surface area contributed by atoms with Crippen molar-refractivity contribution >= 4 is 11.5 Å². The number of aromatic nitrogens is 4. The molecule has 1 aromatic carbocycles. The molecular weight excluding hydrogens is 302 g/mol. The third-order valence-corrected chi connectivity index (χ3v) is 5.02. The number of ether oxygens (including phenoxy) is 1. The molecule has 0 amide bonds. The first-order chi connectivity index (χ1) is 11.7. The second kappa shape index (κ2) is 5.78. The fourth-order valence-corrected chi connectivity index (χ4v) is 3.48. The summed E-state index contributed by atoms with van der Waals surface area (Å²) in [6, 6.07) is 12.2. The van der Waals surface area contributed by atoms with Crippen LogP contribution in [-0.2, 0) is 5.41 Å². The zero-order chi connectivity index (χ0) is 16.6. The number of rotatable bonds is 5. The number of hydrogen-bond acceptors (Lipinski definition) is 5. The summed E-state index contributed by atoms with van der Waals surface area (Å²) < 4.78 is 7.34. The van der Waals surface area contributed by atoms with Crippen LogP contribution in [0.4, 0.5) is 5.82 Å². The first-order valence-electron chi connectivity index (χ1n) is 8.28. The molecule has 24 heavy (non-hydrogen) atoms. The molecule has 0 aliphatic heterocycles. The maximum absolute atomic E-state index is 5.58. The minimum absolute atomic E-state index is 0.117. The van der Waals surface area contributed by atoms with Crippen LogP contribution in [0, 0.1) is 6.92 Å². The molecule has 3 aromatic rings. The van der Waals surface area contributed by atoms with E-state index in [0.29, 0.717) is 0 Å². The summed E-state index contributed by atoms with van der Waals surface area (Å²) >= 11 is 0. The van der Waals surface area contributed by atoms with Gasteiger partial charge in [0.05, 0.1) is 7.11 Å². The third kappa shape index (κ3) is 2.38. The van der Waals surface area contributed by atoms with Gasteiger partial charge in [0.1, 0.15) is 11.6 Å². The van der Waals surface area contributed by atoms with Gasteiger partial charge in [-0.15, -0.1) is 15.3 Å². The van der Waals surface area contributed by atoms with E-state index in [1.165, 1.54) is 12.0 Å². The van der Waals surface area contributed by atoms with Gasteiger partial charge in [-0.2, -0.15) is 4.52 Å². The van der Waals surface area contributed by atoms with Crippen molar-refractivity contribution in [3.8, 4) is 5.75 Å². The number of fused-ring (bicyclic) bond motifs is 1. The Labute approximate surface area is 140 Å². The first-order valence-corrected chi connectivity index (χ1v) is 8.28. The Bertz CT molecular complexity index is 869. The Morgan fingerprint density at radius 3 is 2.75 bits per heavy atom. The van der Waals surface area contributed by atoms with Gasteiger partial charge in [0.25, 0.3) is 0 Å². The van der Waals surface area contributed by atoms with E-state index in [1.807, 2.05) is 31.2 Å². The molecule has 2 heterocycles. The van der Waals surface area contributed by atoms with Gasteiger partial charge in [-0.05, 0) is 38.0 Å². The van der Waals surface area contributed by atoms with Crippen molar-refractivity contribution < 1.29 is 4.74 Å². The molecule has 4 rings (SSSR count). The number of methoxy groups -OCH3 is 1. The van der Waals surface area contributed by atoms with Crippen LogP contribution in [0.1, 0.15) is 30.7 Å². The molecular formula is C18H21N5O. The quantitative estimate of drug-likeness (QED) is 0.782. The van der Waals surface area contributed by atoms with E-state index in [2.05, 4.69) is 32.7 Å². The Morgan fingerprint density at radius 1 is 1.17 bits per heavy atom. The Balaban J connectivity index is 1.59. The highest BCUT2D eigenvalue weighted by molar-refractivity contribution is 5.46. The second-order valence-corrected chi connectivity index (χ2v) is 6.42. The van der Waals surface area contributed by atoms with Gasteiger partial charge in [0.15, 0.2) is 11.5 Å². The van der Waals surface area contributed by atoms with Crippen LogP contribution < -0.4 is 10.1 Å². The van der Waals surface area contributed by atoms with Crippen LogP contribution in [0.15, 0.2) is 36.4 Å². The van der Waals surface area contributed by atoms with Crippen LogP contribution in [0.5, 0.6) is 5.75 Å². The molecule has 1 fully saturated rings. The van der Waals surface area contributed by atoms with Gasteiger partial charge in [-0.3, -0.25) is 0 Å². The molecule has 0 bridgehead atoms. The molecule has 0 saturated heterocycles. The standard InChI is InChI=1S/C18H21N5O/c1-13-20-21-17-9-8-16(22-23(13)17)19-12-18(10-5-11-18)14-6-3-4-7-15(14)24-2/h3-4,6-9H,5,10-12H2,1-2H3,(H,19,22). The van der Waals surface area contributed by atoms with Crippen molar-refractivity contribution in [2.75, 3.05) is 19.0 Å². The predicted molar refractivity (Wildman–Crippen MR) is 92.5 cm³/mol. The zero-order valence-corrected chi connectivity index (χ0v) is 14.0. The monoisotopic (exact) mass is 323 g/mol. The second-order valence-electron chi connectivity index (χ2n) is 6.42. The highest BCUT2D eigenvalue weighted by atomic mass is 16.5. The van der Waals surface area contributed by atoms with Gasteiger partial charge in [-0.1, -0.05) is 24.6 Å². The van der Waals surface area contributed by atoms with E-state index < -0.39 is 0 Å². The topological polar surface area (TPSA) is 64.3 Å². The molecule has 0 spiro atoms. The summed E-state index contributed by atoms with van der Waals surface area (Å²) in [5.74, 6) is 2.60. The Hall–Kier alpha value is -2.63. The molecule has 6 nitrogen and oxygen atoms in total. The van der Waals surface area contributed by atoms with E-state index in [1.54, 1.807) is 11.6 Å². The Kier molecular flexibility index (Phi) is 3.59. The number of nitrogens with one attached hydrogen (secondary N) is 1. The van der Waals surface area contributed by atoms with E-state index in [4.69, 9.17) is 4.74 Å². The molecule has 0 atom stereocenters. The van der Waals surface area contributed by atoms with Crippen LogP contribution in [-0.4, -0.2) is 33.5 Å². The minimum Gasteiger partial charge on any atom is -0.496 e. The van der Waals surface area contributed by atoms with Crippen molar-refractivity contribution in [3.05, 3.63) is 47.8 Å². The lowest BCUT2D eigenvalue weighted by molar-refractivity contribution is 0.250. The van der Waals surface area contributed by atoms with E-state index in [9.17, 15) is 0 Å². The molecule has 6 heteroatoms. The largest absolute Gasteiger partial charge is 0.496 e. The van der Waals surface area contributed by atoms with Gasteiger partial charge in [-0.25, -0.2) is 0 Å². The number of nitrogens with zero attached hydrogens (tertiary/aromatic N) is 4. The van der Waals surface area contributed by atoms with Crippen molar-refractivity contribution in [2.24, 2.45) is 0 Å². The third-order valence-electron chi connectivity index (χ3n) is 5.02. The SMILES string of the molecule is COc1ccccc1C1(CNc2ccc3nnc(C)n3n2)CCC1. The van der Waals surface area contributed by atoms with E-state index >= 15 is 0 Å². The lowest BCUT2D eigenvalue weighted by Gasteiger charge is -2.43. The molecule has 0 radical (unpaired) electrons. The van der Waals surface area contributed by atoms with Crippen LogP contribution >= 0.6 is 0 Å². The van der Waals surface area contributed by atoms with Crippen LogP contribution in [0.25, 0.3) is 5.65 Å². The summed E-state index contributed by atoms with van der Waals surface area (Å²) in [6.07, 6.45) is 3.57. The summed E-state index contributed by atoms with van der Waals surface area (Å²) in [4.78, 5) is 0. The summed E-state index contributed by atoms with van der Waals surface area (Å²) in [6.45, 7) is 2.74.